The standard InChI is InChI=1S/C15H29NO2/c1-4-7-16(14-5-6-14)15(17)10-13-8-11(2)18-12(3)9-13/h11-15,17H,4-10H2,1-3H3. The molecule has 1 saturated carbocycles. The van der Waals surface area contributed by atoms with Crippen LogP contribution < -0.4 is 0 Å². The molecule has 3 atom stereocenters. The second-order valence-corrected chi connectivity index (χ2v) is 6.28. The van der Waals surface area contributed by atoms with Crippen LogP contribution in [0.25, 0.3) is 0 Å². The molecule has 3 heteroatoms. The zero-order chi connectivity index (χ0) is 13.1. The first-order valence-corrected chi connectivity index (χ1v) is 7.69. The fourth-order valence-corrected chi connectivity index (χ4v) is 3.41. The third-order valence-electron chi connectivity index (χ3n) is 4.22. The normalized spacial score (nSPS) is 34.8. The fraction of sp³-hybridized carbons (Fsp3) is 1.00. The van der Waals surface area contributed by atoms with Gasteiger partial charge in [0.2, 0.25) is 0 Å². The van der Waals surface area contributed by atoms with Gasteiger partial charge in [0.15, 0.2) is 0 Å². The van der Waals surface area contributed by atoms with E-state index >= 15 is 0 Å². The molecular formula is C15H29NO2. The summed E-state index contributed by atoms with van der Waals surface area (Å²) >= 11 is 0. The molecule has 0 aromatic rings. The molecule has 0 aromatic heterocycles. The van der Waals surface area contributed by atoms with Crippen molar-refractivity contribution in [3.05, 3.63) is 0 Å². The van der Waals surface area contributed by atoms with Gasteiger partial charge >= 0.3 is 0 Å². The van der Waals surface area contributed by atoms with Gasteiger partial charge in [-0.05, 0) is 58.3 Å². The highest BCUT2D eigenvalue weighted by molar-refractivity contribution is 4.87. The molecule has 106 valence electrons. The van der Waals surface area contributed by atoms with Crippen LogP contribution in [-0.2, 0) is 4.74 Å². The van der Waals surface area contributed by atoms with Crippen molar-refractivity contribution in [3.63, 3.8) is 0 Å². The highest BCUT2D eigenvalue weighted by Crippen LogP contribution is 2.33. The van der Waals surface area contributed by atoms with Crippen LogP contribution in [0.15, 0.2) is 0 Å². The molecule has 3 nitrogen and oxygen atoms in total. The van der Waals surface area contributed by atoms with Gasteiger partial charge < -0.3 is 9.84 Å². The Morgan fingerprint density at radius 1 is 1.22 bits per heavy atom. The monoisotopic (exact) mass is 255 g/mol. The van der Waals surface area contributed by atoms with Gasteiger partial charge in [-0.25, -0.2) is 0 Å². The maximum Gasteiger partial charge on any atom is 0.107 e. The summed E-state index contributed by atoms with van der Waals surface area (Å²) in [6.07, 6.45) is 7.29. The third kappa shape index (κ3) is 3.94. The van der Waals surface area contributed by atoms with E-state index in [1.54, 1.807) is 0 Å². The van der Waals surface area contributed by atoms with E-state index in [0.29, 0.717) is 24.2 Å². The van der Waals surface area contributed by atoms with E-state index < -0.39 is 0 Å². The van der Waals surface area contributed by atoms with Gasteiger partial charge in [0, 0.05) is 12.6 Å². The molecule has 3 unspecified atom stereocenters. The van der Waals surface area contributed by atoms with Crippen LogP contribution in [0.2, 0.25) is 0 Å². The molecule has 0 amide bonds. The number of aliphatic hydroxyl groups is 1. The molecule has 1 aliphatic heterocycles. The number of hydrogen-bond acceptors (Lipinski definition) is 3. The molecule has 2 aliphatic rings. The number of rotatable bonds is 6. The zero-order valence-electron chi connectivity index (χ0n) is 12.1. The smallest absolute Gasteiger partial charge is 0.107 e. The minimum absolute atomic E-state index is 0.236. The Morgan fingerprint density at radius 3 is 2.33 bits per heavy atom. The molecule has 0 spiro atoms. The summed E-state index contributed by atoms with van der Waals surface area (Å²) in [4.78, 5) is 2.32. The summed E-state index contributed by atoms with van der Waals surface area (Å²) in [5.74, 6) is 0.622. The maximum atomic E-state index is 10.5. The molecule has 1 saturated heterocycles. The average molecular weight is 255 g/mol. The number of ether oxygens (including phenoxy) is 1. The predicted molar refractivity (Wildman–Crippen MR) is 73.4 cm³/mol. The first kappa shape index (κ1) is 14.3. The summed E-state index contributed by atoms with van der Waals surface area (Å²) in [5.41, 5.74) is 0. The van der Waals surface area contributed by atoms with Crippen molar-refractivity contribution >= 4 is 0 Å². The van der Waals surface area contributed by atoms with E-state index in [2.05, 4.69) is 25.7 Å². The quantitative estimate of drug-likeness (QED) is 0.741. The largest absolute Gasteiger partial charge is 0.378 e. The minimum Gasteiger partial charge on any atom is -0.378 e. The minimum atomic E-state index is -0.236. The lowest BCUT2D eigenvalue weighted by Gasteiger charge is -2.36. The van der Waals surface area contributed by atoms with E-state index in [-0.39, 0.29) is 6.23 Å². The Morgan fingerprint density at radius 2 is 1.83 bits per heavy atom. The Labute approximate surface area is 112 Å². The van der Waals surface area contributed by atoms with Crippen molar-refractivity contribution in [1.29, 1.82) is 0 Å². The Balaban J connectivity index is 1.82. The van der Waals surface area contributed by atoms with Crippen molar-refractivity contribution in [2.45, 2.75) is 83.8 Å². The summed E-state index contributed by atoms with van der Waals surface area (Å²) in [6.45, 7) is 7.54. The van der Waals surface area contributed by atoms with Crippen LogP contribution in [0.3, 0.4) is 0 Å². The number of nitrogens with zero attached hydrogens (tertiary/aromatic N) is 1. The Hall–Kier alpha value is -0.120. The van der Waals surface area contributed by atoms with Crippen molar-refractivity contribution in [2.75, 3.05) is 6.54 Å². The third-order valence-corrected chi connectivity index (χ3v) is 4.22. The lowest BCUT2D eigenvalue weighted by atomic mass is 9.89. The molecule has 1 aliphatic carbocycles. The lowest BCUT2D eigenvalue weighted by Crippen LogP contribution is -2.40. The van der Waals surface area contributed by atoms with Gasteiger partial charge in [0.1, 0.15) is 6.23 Å². The SMILES string of the molecule is CCCN(C(O)CC1CC(C)OC(C)C1)C1CC1. The summed E-state index contributed by atoms with van der Waals surface area (Å²) in [6, 6.07) is 0.662. The van der Waals surface area contributed by atoms with Gasteiger partial charge in [-0.15, -0.1) is 0 Å². The molecular weight excluding hydrogens is 226 g/mol. The molecule has 0 aromatic carbocycles. The van der Waals surface area contributed by atoms with Gasteiger partial charge in [-0.2, -0.15) is 0 Å². The average Bonchev–Trinajstić information content (AvgIpc) is 3.07. The molecule has 18 heavy (non-hydrogen) atoms. The first-order chi connectivity index (χ1) is 8.60. The van der Waals surface area contributed by atoms with E-state index in [4.69, 9.17) is 4.74 Å². The van der Waals surface area contributed by atoms with Crippen molar-refractivity contribution in [2.24, 2.45) is 5.92 Å². The van der Waals surface area contributed by atoms with Crippen LogP contribution in [0, 0.1) is 5.92 Å². The molecule has 2 fully saturated rings. The molecule has 1 N–H and O–H groups in total. The van der Waals surface area contributed by atoms with E-state index in [0.717, 1.165) is 32.2 Å². The summed E-state index contributed by atoms with van der Waals surface area (Å²) < 4.78 is 5.77. The van der Waals surface area contributed by atoms with E-state index in [1.807, 2.05) is 0 Å². The first-order valence-electron chi connectivity index (χ1n) is 7.69. The number of hydrogen-bond donors (Lipinski definition) is 1. The topological polar surface area (TPSA) is 32.7 Å². The highest BCUT2D eigenvalue weighted by atomic mass is 16.5. The van der Waals surface area contributed by atoms with E-state index in [9.17, 15) is 5.11 Å². The van der Waals surface area contributed by atoms with Crippen molar-refractivity contribution in [3.8, 4) is 0 Å². The van der Waals surface area contributed by atoms with Crippen LogP contribution in [0.5, 0.6) is 0 Å². The van der Waals surface area contributed by atoms with Crippen LogP contribution in [-0.4, -0.2) is 41.0 Å². The van der Waals surface area contributed by atoms with Gasteiger partial charge in [-0.3, -0.25) is 4.90 Å². The van der Waals surface area contributed by atoms with Gasteiger partial charge in [-0.1, -0.05) is 6.92 Å². The van der Waals surface area contributed by atoms with Crippen LogP contribution >= 0.6 is 0 Å². The zero-order valence-corrected chi connectivity index (χ0v) is 12.1. The Kier molecular flexibility index (Phi) is 5.05. The Bertz CT molecular complexity index is 245. The molecule has 2 rings (SSSR count). The van der Waals surface area contributed by atoms with Gasteiger partial charge in [0.05, 0.1) is 12.2 Å². The second kappa shape index (κ2) is 6.36. The van der Waals surface area contributed by atoms with Crippen LogP contribution in [0.1, 0.15) is 59.3 Å². The van der Waals surface area contributed by atoms with E-state index in [1.165, 1.54) is 12.8 Å². The van der Waals surface area contributed by atoms with Crippen molar-refractivity contribution < 1.29 is 9.84 Å². The highest BCUT2D eigenvalue weighted by Gasteiger charge is 2.34. The number of aliphatic hydroxyl groups excluding tert-OH is 1. The molecule has 0 radical (unpaired) electrons. The molecule has 0 bridgehead atoms. The molecule has 1 heterocycles. The lowest BCUT2D eigenvalue weighted by molar-refractivity contribution is -0.0779. The predicted octanol–water partition coefficient (Wildman–Crippen LogP) is 2.77. The summed E-state index contributed by atoms with van der Waals surface area (Å²) in [5, 5.41) is 10.5. The second-order valence-electron chi connectivity index (χ2n) is 6.28. The van der Waals surface area contributed by atoms with Crippen molar-refractivity contribution in [1.82, 2.24) is 4.90 Å². The maximum absolute atomic E-state index is 10.5. The summed E-state index contributed by atoms with van der Waals surface area (Å²) in [7, 11) is 0. The fourth-order valence-electron chi connectivity index (χ4n) is 3.41. The van der Waals surface area contributed by atoms with Crippen LogP contribution in [0.4, 0.5) is 0 Å². The van der Waals surface area contributed by atoms with Gasteiger partial charge in [0.25, 0.3) is 0 Å².